The number of hydrogen-bond donors (Lipinski definition) is 1. The molecule has 18 heavy (non-hydrogen) atoms. The molecule has 0 amide bonds. The van der Waals surface area contributed by atoms with Crippen LogP contribution >= 0.6 is 0 Å². The molecule has 0 bridgehead atoms. The van der Waals surface area contributed by atoms with E-state index >= 15 is 0 Å². The maximum Gasteiger partial charge on any atom is 0.123 e. The molecule has 0 saturated heterocycles. The van der Waals surface area contributed by atoms with E-state index in [9.17, 15) is 0 Å². The van der Waals surface area contributed by atoms with Crippen LogP contribution in [0.2, 0.25) is 0 Å². The topological polar surface area (TPSA) is 34.4 Å². The summed E-state index contributed by atoms with van der Waals surface area (Å²) in [4.78, 5) is 0. The molecule has 0 spiro atoms. The molecule has 3 nitrogen and oxygen atoms in total. The molecule has 0 fully saturated rings. The van der Waals surface area contributed by atoms with Crippen LogP contribution in [0.4, 0.5) is 0 Å². The zero-order valence-corrected chi connectivity index (χ0v) is 12.2. The van der Waals surface area contributed by atoms with Crippen molar-refractivity contribution in [2.75, 3.05) is 13.2 Å². The van der Waals surface area contributed by atoms with Gasteiger partial charge in [0.25, 0.3) is 0 Å². The molecule has 1 unspecified atom stereocenters. The van der Waals surface area contributed by atoms with Crippen LogP contribution in [0.3, 0.4) is 0 Å². The minimum Gasteiger partial charge on any atom is -0.468 e. The first-order chi connectivity index (χ1) is 8.74. The Hall–Kier alpha value is -0.800. The summed E-state index contributed by atoms with van der Waals surface area (Å²) in [6.45, 7) is 10.3. The van der Waals surface area contributed by atoms with Gasteiger partial charge in [-0.2, -0.15) is 0 Å². The maximum atomic E-state index is 6.09. The van der Waals surface area contributed by atoms with Gasteiger partial charge in [0.05, 0.1) is 17.9 Å². The molecule has 0 aromatic carbocycles. The van der Waals surface area contributed by atoms with E-state index in [1.54, 1.807) is 6.26 Å². The molecule has 1 heterocycles. The molecule has 0 saturated carbocycles. The third-order valence-corrected chi connectivity index (χ3v) is 3.58. The Kier molecular flexibility index (Phi) is 6.44. The first-order valence-corrected chi connectivity index (χ1v) is 7.14. The molecule has 0 aliphatic rings. The summed E-state index contributed by atoms with van der Waals surface area (Å²) in [6.07, 6.45) is 4.78. The van der Waals surface area contributed by atoms with Crippen LogP contribution in [0.15, 0.2) is 22.8 Å². The van der Waals surface area contributed by atoms with Gasteiger partial charge in [0.2, 0.25) is 0 Å². The predicted molar refractivity (Wildman–Crippen MR) is 74.7 cm³/mol. The van der Waals surface area contributed by atoms with Crippen LogP contribution in [-0.2, 0) is 4.74 Å². The quantitative estimate of drug-likeness (QED) is 0.724. The molecule has 1 aromatic heterocycles. The molecule has 1 rings (SSSR count). The van der Waals surface area contributed by atoms with Gasteiger partial charge in [-0.05, 0) is 44.9 Å². The van der Waals surface area contributed by atoms with E-state index in [1.807, 2.05) is 12.1 Å². The summed E-state index contributed by atoms with van der Waals surface area (Å²) in [7, 11) is 0. The monoisotopic (exact) mass is 253 g/mol. The summed E-state index contributed by atoms with van der Waals surface area (Å²) < 4.78 is 11.7. The standard InChI is InChI=1S/C15H27NO2/c1-5-11-16-14(13-10-9-12-17-13)15(6-2,7-3)18-8-4/h9-10,12,14,16H,5-8,11H2,1-4H3. The minimum atomic E-state index is -0.179. The van der Waals surface area contributed by atoms with Crippen LogP contribution < -0.4 is 5.32 Å². The average molecular weight is 253 g/mol. The maximum absolute atomic E-state index is 6.09. The lowest BCUT2D eigenvalue weighted by Gasteiger charge is -2.38. The molecule has 3 heteroatoms. The van der Waals surface area contributed by atoms with Crippen LogP contribution in [0.5, 0.6) is 0 Å². The fourth-order valence-corrected chi connectivity index (χ4v) is 2.52. The van der Waals surface area contributed by atoms with E-state index in [1.165, 1.54) is 0 Å². The number of furan rings is 1. The smallest absolute Gasteiger partial charge is 0.123 e. The van der Waals surface area contributed by atoms with E-state index in [2.05, 4.69) is 33.0 Å². The summed E-state index contributed by atoms with van der Waals surface area (Å²) >= 11 is 0. The summed E-state index contributed by atoms with van der Waals surface area (Å²) in [6, 6.07) is 4.10. The first kappa shape index (κ1) is 15.3. The third kappa shape index (κ3) is 3.36. The number of hydrogen-bond acceptors (Lipinski definition) is 3. The van der Waals surface area contributed by atoms with Gasteiger partial charge in [0.15, 0.2) is 0 Å². The summed E-state index contributed by atoms with van der Waals surface area (Å²) in [5.74, 6) is 0.973. The van der Waals surface area contributed by atoms with Crippen LogP contribution in [0.1, 0.15) is 58.8 Å². The predicted octanol–water partition coefficient (Wildman–Crippen LogP) is 3.92. The zero-order valence-electron chi connectivity index (χ0n) is 12.2. The van der Waals surface area contributed by atoms with Gasteiger partial charge in [-0.25, -0.2) is 0 Å². The molecule has 1 atom stereocenters. The Labute approximate surface area is 111 Å². The molecule has 1 N–H and O–H groups in total. The van der Waals surface area contributed by atoms with Crippen molar-refractivity contribution in [3.05, 3.63) is 24.2 Å². The second-order valence-corrected chi connectivity index (χ2v) is 4.61. The van der Waals surface area contributed by atoms with E-state index in [4.69, 9.17) is 9.15 Å². The zero-order chi connectivity index (χ0) is 13.4. The fraction of sp³-hybridized carbons (Fsp3) is 0.733. The normalized spacial score (nSPS) is 13.8. The number of rotatable bonds is 9. The van der Waals surface area contributed by atoms with Crippen molar-refractivity contribution in [3.8, 4) is 0 Å². The van der Waals surface area contributed by atoms with Gasteiger partial charge in [0, 0.05) is 6.61 Å². The van der Waals surface area contributed by atoms with Gasteiger partial charge >= 0.3 is 0 Å². The van der Waals surface area contributed by atoms with Gasteiger partial charge in [-0.15, -0.1) is 0 Å². The van der Waals surface area contributed by atoms with Crippen LogP contribution in [0, 0.1) is 0 Å². The second kappa shape index (κ2) is 7.59. The highest BCUT2D eigenvalue weighted by Gasteiger charge is 2.38. The Morgan fingerprint density at radius 3 is 2.44 bits per heavy atom. The molecule has 104 valence electrons. The Bertz CT molecular complexity index is 304. The third-order valence-electron chi connectivity index (χ3n) is 3.58. The molecule has 1 aromatic rings. The second-order valence-electron chi connectivity index (χ2n) is 4.61. The largest absolute Gasteiger partial charge is 0.468 e. The lowest BCUT2D eigenvalue weighted by atomic mass is 9.86. The highest BCUT2D eigenvalue weighted by molar-refractivity contribution is 5.11. The molecule has 0 radical (unpaired) electrons. The van der Waals surface area contributed by atoms with Crippen molar-refractivity contribution >= 4 is 0 Å². The summed E-state index contributed by atoms with van der Waals surface area (Å²) in [5.41, 5.74) is -0.179. The highest BCUT2D eigenvalue weighted by Crippen LogP contribution is 2.35. The van der Waals surface area contributed by atoms with Crippen molar-refractivity contribution in [1.29, 1.82) is 0 Å². The van der Waals surface area contributed by atoms with E-state index in [0.717, 1.165) is 38.2 Å². The van der Waals surface area contributed by atoms with Crippen LogP contribution in [0.25, 0.3) is 0 Å². The average Bonchev–Trinajstić information content (AvgIpc) is 2.91. The molecule has 0 aliphatic carbocycles. The van der Waals surface area contributed by atoms with Crippen molar-refractivity contribution < 1.29 is 9.15 Å². The number of ether oxygens (including phenoxy) is 1. The van der Waals surface area contributed by atoms with Crippen molar-refractivity contribution in [2.24, 2.45) is 0 Å². The van der Waals surface area contributed by atoms with Crippen molar-refractivity contribution in [1.82, 2.24) is 5.32 Å². The van der Waals surface area contributed by atoms with E-state index in [-0.39, 0.29) is 11.6 Å². The van der Waals surface area contributed by atoms with Gasteiger partial charge in [-0.1, -0.05) is 20.8 Å². The van der Waals surface area contributed by atoms with Gasteiger partial charge < -0.3 is 14.5 Å². The lowest BCUT2D eigenvalue weighted by molar-refractivity contribution is -0.0775. The molecular weight excluding hydrogens is 226 g/mol. The van der Waals surface area contributed by atoms with Crippen molar-refractivity contribution in [3.63, 3.8) is 0 Å². The van der Waals surface area contributed by atoms with Crippen molar-refractivity contribution in [2.45, 2.75) is 58.6 Å². The van der Waals surface area contributed by atoms with Gasteiger partial charge in [0.1, 0.15) is 5.76 Å². The Morgan fingerprint density at radius 2 is 2.00 bits per heavy atom. The Balaban J connectivity index is 2.97. The summed E-state index contributed by atoms with van der Waals surface area (Å²) in [5, 5.41) is 3.58. The van der Waals surface area contributed by atoms with Gasteiger partial charge in [-0.3, -0.25) is 0 Å². The fourth-order valence-electron chi connectivity index (χ4n) is 2.52. The lowest BCUT2D eigenvalue weighted by Crippen LogP contribution is -2.45. The van der Waals surface area contributed by atoms with E-state index in [0.29, 0.717) is 0 Å². The highest BCUT2D eigenvalue weighted by atomic mass is 16.5. The first-order valence-electron chi connectivity index (χ1n) is 7.14. The molecular formula is C15H27NO2. The van der Waals surface area contributed by atoms with E-state index < -0.39 is 0 Å². The number of nitrogens with one attached hydrogen (secondary N) is 1. The SMILES string of the molecule is CCCNC(c1ccco1)C(CC)(CC)OCC. The van der Waals surface area contributed by atoms with Crippen LogP contribution in [-0.4, -0.2) is 18.8 Å². The Morgan fingerprint density at radius 1 is 1.28 bits per heavy atom. The minimum absolute atomic E-state index is 0.127. The molecule has 0 aliphatic heterocycles.